The fourth-order valence-corrected chi connectivity index (χ4v) is 4.69. The molecule has 0 fully saturated rings. The highest BCUT2D eigenvalue weighted by Crippen LogP contribution is 2.31. The van der Waals surface area contributed by atoms with Crippen LogP contribution in [0.4, 0.5) is 23.3 Å². The van der Waals surface area contributed by atoms with Crippen molar-refractivity contribution >= 4 is 29.2 Å². The van der Waals surface area contributed by atoms with Crippen molar-refractivity contribution in [3.8, 4) is 17.1 Å². The summed E-state index contributed by atoms with van der Waals surface area (Å²) in [4.78, 5) is 16.3. The monoisotopic (exact) mass is 452 g/mol. The molecule has 4 N–H and O–H groups in total. The van der Waals surface area contributed by atoms with E-state index in [1.54, 1.807) is 0 Å². The molecule has 2 aromatic carbocycles. The predicted molar refractivity (Wildman–Crippen MR) is 130 cm³/mol. The second-order valence-electron chi connectivity index (χ2n) is 8.69. The molecule has 2 aromatic heterocycles. The molecule has 0 radical (unpaired) electrons. The topological polar surface area (TPSA) is 124 Å². The zero-order valence-electron chi connectivity index (χ0n) is 18.6. The summed E-state index contributed by atoms with van der Waals surface area (Å²) in [6.45, 7) is 0. The van der Waals surface area contributed by atoms with Crippen LogP contribution in [0.1, 0.15) is 36.0 Å². The standard InChI is InChI=1S/C25H24N8O/c26-24-29-25(27-18-12-11-16-7-4-10-22(34)28-20(16)14-18)32-33(24)21-13-17-8-3-6-15-5-1-2-9-19(15)23(17)31-30-21/h1-2,5,9,11-14H,3-4,6-8,10H2,(H,28,34)(H3,26,27,29,32). The van der Waals surface area contributed by atoms with Crippen molar-refractivity contribution in [2.75, 3.05) is 16.4 Å². The van der Waals surface area contributed by atoms with E-state index >= 15 is 0 Å². The Balaban J connectivity index is 1.29. The van der Waals surface area contributed by atoms with Gasteiger partial charge in [-0.2, -0.15) is 9.67 Å². The van der Waals surface area contributed by atoms with Gasteiger partial charge in [0, 0.05) is 23.4 Å². The number of amides is 1. The van der Waals surface area contributed by atoms with E-state index in [2.05, 4.69) is 49.1 Å². The number of nitrogen functional groups attached to an aromatic ring is 1. The van der Waals surface area contributed by atoms with Gasteiger partial charge in [0.2, 0.25) is 17.8 Å². The van der Waals surface area contributed by atoms with Crippen LogP contribution in [0.5, 0.6) is 0 Å². The number of aryl methyl sites for hydroxylation is 3. The summed E-state index contributed by atoms with van der Waals surface area (Å²) in [7, 11) is 0. The minimum atomic E-state index is 0.0342. The fraction of sp³-hybridized carbons (Fsp3) is 0.240. The zero-order valence-corrected chi connectivity index (χ0v) is 18.6. The van der Waals surface area contributed by atoms with Gasteiger partial charge in [-0.3, -0.25) is 4.79 Å². The third-order valence-corrected chi connectivity index (χ3v) is 6.36. The SMILES string of the molecule is Nc1nc(Nc2ccc3c(c2)NC(=O)CCC3)nn1-c1cc2c(nn1)-c1ccccc1CCC2. The molecule has 2 aliphatic rings. The highest BCUT2D eigenvalue weighted by atomic mass is 16.1. The van der Waals surface area contributed by atoms with Crippen molar-refractivity contribution in [1.82, 2.24) is 25.0 Å². The van der Waals surface area contributed by atoms with E-state index in [4.69, 9.17) is 5.73 Å². The van der Waals surface area contributed by atoms with Gasteiger partial charge in [0.25, 0.3) is 0 Å². The lowest BCUT2D eigenvalue weighted by molar-refractivity contribution is -0.116. The Kier molecular flexibility index (Phi) is 4.94. The van der Waals surface area contributed by atoms with E-state index in [9.17, 15) is 4.79 Å². The Morgan fingerprint density at radius 3 is 2.68 bits per heavy atom. The Bertz CT molecular complexity index is 1410. The summed E-state index contributed by atoms with van der Waals surface area (Å²) in [6, 6.07) is 16.2. The van der Waals surface area contributed by atoms with Gasteiger partial charge in [0.15, 0.2) is 5.82 Å². The van der Waals surface area contributed by atoms with Gasteiger partial charge in [-0.25, -0.2) is 0 Å². The predicted octanol–water partition coefficient (Wildman–Crippen LogP) is 3.81. The number of benzene rings is 2. The van der Waals surface area contributed by atoms with Gasteiger partial charge in [-0.15, -0.1) is 15.3 Å². The molecule has 6 rings (SSSR count). The van der Waals surface area contributed by atoms with Crippen LogP contribution >= 0.6 is 0 Å². The number of aromatic nitrogens is 5. The second-order valence-corrected chi connectivity index (χ2v) is 8.69. The Morgan fingerprint density at radius 2 is 1.74 bits per heavy atom. The highest BCUT2D eigenvalue weighted by Gasteiger charge is 2.19. The van der Waals surface area contributed by atoms with E-state index in [0.29, 0.717) is 18.2 Å². The first-order chi connectivity index (χ1) is 16.6. The summed E-state index contributed by atoms with van der Waals surface area (Å²) >= 11 is 0. The molecule has 0 unspecified atom stereocenters. The summed E-state index contributed by atoms with van der Waals surface area (Å²) < 4.78 is 1.50. The first kappa shape index (κ1) is 20.3. The van der Waals surface area contributed by atoms with Crippen molar-refractivity contribution in [2.45, 2.75) is 38.5 Å². The molecule has 1 aliphatic heterocycles. The van der Waals surface area contributed by atoms with Crippen molar-refractivity contribution in [2.24, 2.45) is 0 Å². The molecule has 4 aromatic rings. The molecular weight excluding hydrogens is 428 g/mol. The number of hydrogen-bond acceptors (Lipinski definition) is 7. The van der Waals surface area contributed by atoms with Crippen molar-refractivity contribution in [3.63, 3.8) is 0 Å². The van der Waals surface area contributed by atoms with Gasteiger partial charge in [-0.05, 0) is 67.0 Å². The minimum Gasteiger partial charge on any atom is -0.368 e. The number of carbonyl (C=O) groups is 1. The molecule has 9 heteroatoms. The lowest BCUT2D eigenvalue weighted by atomic mass is 10.0. The molecular formula is C25H24N8O. The van der Waals surface area contributed by atoms with Crippen LogP contribution in [0.15, 0.2) is 48.5 Å². The fourth-order valence-electron chi connectivity index (χ4n) is 4.69. The molecule has 170 valence electrons. The first-order valence-corrected chi connectivity index (χ1v) is 11.5. The third kappa shape index (κ3) is 3.75. The number of hydrogen-bond donors (Lipinski definition) is 3. The number of nitrogens with two attached hydrogens (primary N) is 1. The maximum Gasteiger partial charge on any atom is 0.248 e. The second kappa shape index (κ2) is 8.26. The molecule has 9 nitrogen and oxygen atoms in total. The van der Waals surface area contributed by atoms with E-state index < -0.39 is 0 Å². The van der Waals surface area contributed by atoms with E-state index in [-0.39, 0.29) is 11.9 Å². The molecule has 0 spiro atoms. The smallest absolute Gasteiger partial charge is 0.248 e. The van der Waals surface area contributed by atoms with Crippen LogP contribution in [-0.2, 0) is 24.1 Å². The quantitative estimate of drug-likeness (QED) is 0.432. The van der Waals surface area contributed by atoms with Crippen LogP contribution < -0.4 is 16.4 Å². The first-order valence-electron chi connectivity index (χ1n) is 11.5. The molecule has 0 bridgehead atoms. The third-order valence-electron chi connectivity index (χ3n) is 6.36. The number of rotatable bonds is 3. The lowest BCUT2D eigenvalue weighted by Crippen LogP contribution is -2.09. The van der Waals surface area contributed by atoms with Crippen LogP contribution in [0.3, 0.4) is 0 Å². The molecule has 0 saturated carbocycles. The lowest BCUT2D eigenvalue weighted by Gasteiger charge is -2.10. The maximum absolute atomic E-state index is 11.9. The molecule has 1 aliphatic carbocycles. The van der Waals surface area contributed by atoms with Crippen LogP contribution in [0.2, 0.25) is 0 Å². The number of fused-ring (bicyclic) bond motifs is 4. The zero-order chi connectivity index (χ0) is 23.1. The van der Waals surface area contributed by atoms with Gasteiger partial charge in [0.05, 0.1) is 5.69 Å². The number of nitrogens with one attached hydrogen (secondary N) is 2. The molecule has 0 atom stereocenters. The highest BCUT2D eigenvalue weighted by molar-refractivity contribution is 5.93. The number of nitrogens with zero attached hydrogens (tertiary/aromatic N) is 5. The summed E-state index contributed by atoms with van der Waals surface area (Å²) in [5, 5.41) is 19.6. The van der Waals surface area contributed by atoms with Crippen LogP contribution in [0, 0.1) is 0 Å². The van der Waals surface area contributed by atoms with Crippen LogP contribution in [0.25, 0.3) is 17.1 Å². The average Bonchev–Trinajstić information content (AvgIpc) is 2.99. The largest absolute Gasteiger partial charge is 0.368 e. The normalized spacial score (nSPS) is 14.8. The van der Waals surface area contributed by atoms with Crippen molar-refractivity contribution in [3.05, 3.63) is 65.2 Å². The maximum atomic E-state index is 11.9. The van der Waals surface area contributed by atoms with Crippen LogP contribution in [-0.4, -0.2) is 30.9 Å². The molecule has 34 heavy (non-hydrogen) atoms. The van der Waals surface area contributed by atoms with E-state index in [1.807, 2.05) is 30.3 Å². The van der Waals surface area contributed by atoms with E-state index in [1.165, 1.54) is 10.2 Å². The summed E-state index contributed by atoms with van der Waals surface area (Å²) in [6.07, 6.45) is 5.23. The Labute approximate surface area is 196 Å². The molecule has 3 heterocycles. The van der Waals surface area contributed by atoms with Gasteiger partial charge in [-0.1, -0.05) is 30.3 Å². The van der Waals surface area contributed by atoms with Gasteiger partial charge < -0.3 is 16.4 Å². The Hall–Kier alpha value is -4.27. The van der Waals surface area contributed by atoms with E-state index in [0.717, 1.165) is 65.9 Å². The van der Waals surface area contributed by atoms with Crippen molar-refractivity contribution in [1.29, 1.82) is 0 Å². The summed E-state index contributed by atoms with van der Waals surface area (Å²) in [5.74, 6) is 1.13. The number of carbonyl (C=O) groups excluding carboxylic acids is 1. The van der Waals surface area contributed by atoms with Gasteiger partial charge in [0.1, 0.15) is 0 Å². The molecule has 1 amide bonds. The molecule has 0 saturated heterocycles. The van der Waals surface area contributed by atoms with Gasteiger partial charge >= 0.3 is 0 Å². The number of anilines is 4. The average molecular weight is 453 g/mol. The van der Waals surface area contributed by atoms with Crippen molar-refractivity contribution < 1.29 is 4.79 Å². The minimum absolute atomic E-state index is 0.0342. The Morgan fingerprint density at radius 1 is 0.912 bits per heavy atom. The summed E-state index contributed by atoms with van der Waals surface area (Å²) in [5.41, 5.74) is 13.4.